The molecular weight excluding hydrogens is 831 g/mol. The van der Waals surface area contributed by atoms with E-state index in [0.29, 0.717) is 22.3 Å². The molecule has 0 saturated carbocycles. The Bertz CT molecular complexity index is 4080. The lowest BCUT2D eigenvalue weighted by Gasteiger charge is -2.25. The summed E-state index contributed by atoms with van der Waals surface area (Å²) < 4.78 is 6.64. The lowest BCUT2D eigenvalue weighted by atomic mass is 9.59. The smallest absolute Gasteiger partial charge is 0.143 e. The van der Waals surface area contributed by atoms with E-state index in [-0.39, 0.29) is 60.8 Å². The number of furan rings is 1. The molecule has 0 atom stereocenters. The fourth-order valence-electron chi connectivity index (χ4n) is 10.4. The lowest BCUT2D eigenvalue weighted by molar-refractivity contribution is 0.460. The Morgan fingerprint density at radius 1 is 0.275 bits per heavy atom. The van der Waals surface area contributed by atoms with Crippen LogP contribution in [0.4, 0.5) is 0 Å². The van der Waals surface area contributed by atoms with E-state index < -0.39 is 0 Å². The summed E-state index contributed by atoms with van der Waals surface area (Å²) in [5, 5.41) is 32.2. The first-order chi connectivity index (χ1) is 33.4. The topological polar surface area (TPSA) is 53.6 Å². The molecule has 0 aliphatic rings. The maximum atomic E-state index is 11.1. The van der Waals surface area contributed by atoms with Crippen molar-refractivity contribution >= 4 is 172 Å². The van der Waals surface area contributed by atoms with Crippen LogP contribution < -0.4 is 43.7 Å². The quantitative estimate of drug-likeness (QED) is 0.122. The summed E-state index contributed by atoms with van der Waals surface area (Å²) in [6.45, 7) is 0. The molecule has 12 rings (SSSR count). The number of phenols is 2. The minimum atomic E-state index is -0.374. The number of aromatic hydroxyl groups is 2. The molecule has 0 spiro atoms. The Balaban J connectivity index is 1.01. The van der Waals surface area contributed by atoms with Gasteiger partial charge < -0.3 is 14.6 Å². The molecule has 0 saturated heterocycles. The van der Waals surface area contributed by atoms with Crippen LogP contribution in [0.5, 0.6) is 11.5 Å². The molecule has 0 aliphatic carbocycles. The van der Waals surface area contributed by atoms with Crippen molar-refractivity contribution in [3.05, 3.63) is 158 Å². The number of fused-ring (bicyclic) bond motifs is 8. The molecule has 302 valence electrons. The van der Waals surface area contributed by atoms with Crippen molar-refractivity contribution in [3.63, 3.8) is 0 Å². The molecule has 0 bridgehead atoms. The second-order valence-corrected chi connectivity index (χ2v) is 17.5. The van der Waals surface area contributed by atoms with Crippen LogP contribution in [-0.2, 0) is 0 Å². The maximum Gasteiger partial charge on any atom is 0.143 e. The first-order valence-corrected chi connectivity index (χ1v) is 22.3. The summed E-state index contributed by atoms with van der Waals surface area (Å²) in [6.07, 6.45) is 0. The van der Waals surface area contributed by atoms with Gasteiger partial charge in [-0.2, -0.15) is 0 Å². The van der Waals surface area contributed by atoms with Gasteiger partial charge in [0.2, 0.25) is 0 Å². The molecule has 0 amide bonds. The maximum absolute atomic E-state index is 11.1. The van der Waals surface area contributed by atoms with Crippen molar-refractivity contribution in [1.29, 1.82) is 0 Å². The minimum absolute atomic E-state index is 0.0483. The van der Waals surface area contributed by atoms with Crippen molar-refractivity contribution in [2.75, 3.05) is 0 Å². The lowest BCUT2D eigenvalue weighted by Crippen LogP contribution is -2.55. The Labute approximate surface area is 408 Å². The second kappa shape index (κ2) is 16.0. The summed E-state index contributed by atoms with van der Waals surface area (Å²) >= 11 is 0. The standard InChI is InChI=1S/C58H28B8O3/c59-47-46(48(60)50(62)51(63)49(47)61)44-36-13-5-3-11-34(36)43(35-12-4-6-14-37(35)44)42-26-30-9-1-2-10-31(30)41-25-29(23-24-33(41)42)27-19-21-28(22-20-27)32-15-7-16-38-39-17-8-18-40(58(39)69-57(32)38)45-55(67)53(65)52(64)54(66)56(45)68/h1-26,67-68H. The van der Waals surface area contributed by atoms with Crippen LogP contribution in [0, 0.1) is 0 Å². The Hall–Kier alpha value is -7.62. The Kier molecular flexibility index (Phi) is 9.90. The van der Waals surface area contributed by atoms with Gasteiger partial charge in [0, 0.05) is 21.9 Å². The SMILES string of the molecule is [B]c1c([B])c([B])c(-c2c3ccccc3c(-c3cc4ccccc4c4cc(-c5ccc(-c6cccc7c6oc6c(-c8c(O)c([B])c([B])c([B])c8O)cccc67)cc5)ccc34)c3ccccc23)c([B])c1[B]. The van der Waals surface area contributed by atoms with Crippen molar-refractivity contribution in [1.82, 2.24) is 0 Å². The summed E-state index contributed by atoms with van der Waals surface area (Å²) in [5.74, 6) is -0.747. The van der Waals surface area contributed by atoms with E-state index in [1.54, 1.807) is 6.07 Å². The summed E-state index contributed by atoms with van der Waals surface area (Å²) in [5.41, 5.74) is 9.88. The third-order valence-corrected chi connectivity index (χ3v) is 13.9. The highest BCUT2D eigenvalue weighted by molar-refractivity contribution is 6.69. The van der Waals surface area contributed by atoms with E-state index in [2.05, 4.69) is 97.1 Å². The van der Waals surface area contributed by atoms with Gasteiger partial charge in [-0.1, -0.05) is 167 Å². The molecule has 0 aliphatic heterocycles. The third kappa shape index (κ3) is 6.32. The monoisotopic (exact) mass is 860 g/mol. The molecule has 0 unspecified atom stereocenters. The van der Waals surface area contributed by atoms with Gasteiger partial charge in [-0.3, -0.25) is 0 Å². The zero-order valence-corrected chi connectivity index (χ0v) is 36.9. The highest BCUT2D eigenvalue weighted by Gasteiger charge is 2.24. The molecule has 12 aromatic rings. The van der Waals surface area contributed by atoms with E-state index in [0.717, 1.165) is 92.8 Å². The molecule has 1 aromatic heterocycles. The van der Waals surface area contributed by atoms with Crippen molar-refractivity contribution in [2.45, 2.75) is 0 Å². The molecule has 2 N–H and O–H groups in total. The van der Waals surface area contributed by atoms with Crippen molar-refractivity contribution in [3.8, 4) is 67.1 Å². The predicted octanol–water partition coefficient (Wildman–Crippen LogP) is 6.30. The van der Waals surface area contributed by atoms with Crippen LogP contribution in [0.1, 0.15) is 0 Å². The number of benzene rings is 11. The molecule has 3 nitrogen and oxygen atoms in total. The van der Waals surface area contributed by atoms with Gasteiger partial charge in [-0.05, 0) is 94.2 Å². The zero-order valence-electron chi connectivity index (χ0n) is 36.9. The van der Waals surface area contributed by atoms with Crippen molar-refractivity contribution < 1.29 is 14.6 Å². The summed E-state index contributed by atoms with van der Waals surface area (Å²) in [4.78, 5) is 0. The van der Waals surface area contributed by atoms with Crippen LogP contribution in [-0.4, -0.2) is 73.0 Å². The Morgan fingerprint density at radius 2 is 0.725 bits per heavy atom. The van der Waals surface area contributed by atoms with Crippen LogP contribution in [0.15, 0.2) is 162 Å². The number of phenolic OH excluding ortho intramolecular Hbond substituents is 2. The predicted molar refractivity (Wildman–Crippen MR) is 297 cm³/mol. The number of hydrogen-bond donors (Lipinski definition) is 2. The summed E-state index contributed by atoms with van der Waals surface area (Å²) in [7, 11) is 50.9. The number of para-hydroxylation sites is 2. The van der Waals surface area contributed by atoms with E-state index in [9.17, 15) is 10.2 Å². The normalized spacial score (nSPS) is 11.8. The van der Waals surface area contributed by atoms with Gasteiger partial charge in [0.15, 0.2) is 0 Å². The highest BCUT2D eigenvalue weighted by Crippen LogP contribution is 2.47. The first-order valence-electron chi connectivity index (χ1n) is 22.3. The van der Waals surface area contributed by atoms with Crippen LogP contribution in [0.3, 0.4) is 0 Å². The number of rotatable bonds is 5. The van der Waals surface area contributed by atoms with Gasteiger partial charge in [0.1, 0.15) is 85.4 Å². The highest BCUT2D eigenvalue weighted by atomic mass is 16.3. The van der Waals surface area contributed by atoms with Gasteiger partial charge in [-0.25, -0.2) is 0 Å². The van der Waals surface area contributed by atoms with E-state index in [1.165, 1.54) is 0 Å². The first kappa shape index (κ1) is 42.7. The van der Waals surface area contributed by atoms with Crippen molar-refractivity contribution in [2.24, 2.45) is 0 Å². The van der Waals surface area contributed by atoms with Crippen LogP contribution in [0.2, 0.25) is 0 Å². The average Bonchev–Trinajstić information content (AvgIpc) is 3.78. The van der Waals surface area contributed by atoms with Gasteiger partial charge >= 0.3 is 0 Å². The fourth-order valence-corrected chi connectivity index (χ4v) is 10.4. The fraction of sp³-hybridized carbons (Fsp3) is 0. The van der Waals surface area contributed by atoms with E-state index >= 15 is 0 Å². The molecule has 11 aromatic carbocycles. The van der Waals surface area contributed by atoms with Gasteiger partial charge in [0.05, 0.1) is 5.56 Å². The molecule has 11 heteroatoms. The van der Waals surface area contributed by atoms with E-state index in [1.807, 2.05) is 54.6 Å². The molecule has 16 radical (unpaired) electrons. The third-order valence-electron chi connectivity index (χ3n) is 13.9. The van der Waals surface area contributed by atoms with Gasteiger partial charge in [0.25, 0.3) is 0 Å². The molecular formula is C58H28B8O3. The average molecular weight is 859 g/mol. The van der Waals surface area contributed by atoms with Crippen LogP contribution in [0.25, 0.3) is 121 Å². The molecule has 0 fully saturated rings. The van der Waals surface area contributed by atoms with Crippen LogP contribution >= 0.6 is 0 Å². The Morgan fingerprint density at radius 3 is 1.32 bits per heavy atom. The van der Waals surface area contributed by atoms with Gasteiger partial charge in [-0.15, -0.1) is 21.9 Å². The zero-order chi connectivity index (χ0) is 47.6. The number of hydrogen-bond acceptors (Lipinski definition) is 3. The second-order valence-electron chi connectivity index (χ2n) is 17.5. The summed E-state index contributed by atoms with van der Waals surface area (Å²) in [6, 6.07) is 54.0. The van der Waals surface area contributed by atoms with E-state index in [4.69, 9.17) is 67.2 Å². The largest absolute Gasteiger partial charge is 0.508 e. The minimum Gasteiger partial charge on any atom is -0.508 e. The molecule has 69 heavy (non-hydrogen) atoms. The molecule has 1 heterocycles.